The Hall–Kier alpha value is -2.83. The van der Waals surface area contributed by atoms with Crippen molar-refractivity contribution in [2.75, 3.05) is 0 Å². The van der Waals surface area contributed by atoms with E-state index in [2.05, 4.69) is 10.1 Å². The molecule has 0 bridgehead atoms. The molecule has 0 amide bonds. The summed E-state index contributed by atoms with van der Waals surface area (Å²) in [5.74, 6) is -1.21. The molecule has 0 saturated heterocycles. The molecule has 7 heteroatoms. The standard InChI is InChI=1S/C14H11F2N5/c15-9-5-10-12(13(17)18)21(20-14(10)19-6-9)7-8-3-1-2-4-11(8)16/h1-6H,7H2,(H3,17,18). The molecule has 0 unspecified atom stereocenters. The average Bonchev–Trinajstić information content (AvgIpc) is 2.78. The zero-order valence-electron chi connectivity index (χ0n) is 10.8. The van der Waals surface area contributed by atoms with Gasteiger partial charge in [0.15, 0.2) is 5.65 Å². The Labute approximate surface area is 118 Å². The van der Waals surface area contributed by atoms with Gasteiger partial charge in [0, 0.05) is 5.56 Å². The number of halogens is 2. The van der Waals surface area contributed by atoms with E-state index >= 15 is 0 Å². The van der Waals surface area contributed by atoms with Crippen molar-refractivity contribution >= 4 is 16.9 Å². The summed E-state index contributed by atoms with van der Waals surface area (Å²) in [6.45, 7) is 0.0829. The van der Waals surface area contributed by atoms with Crippen LogP contribution in [0.15, 0.2) is 36.5 Å². The summed E-state index contributed by atoms with van der Waals surface area (Å²) < 4.78 is 28.4. The summed E-state index contributed by atoms with van der Waals surface area (Å²) >= 11 is 0. The molecule has 3 aromatic rings. The van der Waals surface area contributed by atoms with Gasteiger partial charge in [-0.25, -0.2) is 13.8 Å². The van der Waals surface area contributed by atoms with Crippen LogP contribution in [0.1, 0.15) is 11.3 Å². The molecule has 0 aliphatic rings. The van der Waals surface area contributed by atoms with Crippen LogP contribution < -0.4 is 5.73 Å². The third-order valence-corrected chi connectivity index (χ3v) is 3.10. The number of hydrogen-bond donors (Lipinski definition) is 2. The van der Waals surface area contributed by atoms with E-state index in [0.717, 1.165) is 6.20 Å². The Bertz CT molecular complexity index is 840. The maximum atomic E-state index is 13.7. The van der Waals surface area contributed by atoms with Gasteiger partial charge in [-0.15, -0.1) is 0 Å². The van der Waals surface area contributed by atoms with E-state index in [4.69, 9.17) is 11.1 Å². The summed E-state index contributed by atoms with van der Waals surface area (Å²) in [4.78, 5) is 3.86. The van der Waals surface area contributed by atoms with Gasteiger partial charge in [-0.2, -0.15) is 5.10 Å². The normalized spacial score (nSPS) is 11.0. The number of nitrogens with one attached hydrogen (secondary N) is 1. The van der Waals surface area contributed by atoms with Crippen LogP contribution in [0, 0.1) is 17.0 Å². The van der Waals surface area contributed by atoms with Crippen molar-refractivity contribution in [3.05, 3.63) is 59.4 Å². The molecule has 3 rings (SSSR count). The highest BCUT2D eigenvalue weighted by molar-refractivity contribution is 6.04. The van der Waals surface area contributed by atoms with Gasteiger partial charge in [0.25, 0.3) is 0 Å². The van der Waals surface area contributed by atoms with Crippen molar-refractivity contribution in [3.63, 3.8) is 0 Å². The first-order chi connectivity index (χ1) is 10.1. The monoisotopic (exact) mass is 287 g/mol. The molecule has 0 aliphatic carbocycles. The minimum Gasteiger partial charge on any atom is -0.382 e. The fourth-order valence-electron chi connectivity index (χ4n) is 2.18. The third-order valence-electron chi connectivity index (χ3n) is 3.10. The smallest absolute Gasteiger partial charge is 0.182 e. The quantitative estimate of drug-likeness (QED) is 0.571. The Balaban J connectivity index is 2.16. The molecule has 3 N–H and O–H groups in total. The summed E-state index contributed by atoms with van der Waals surface area (Å²) in [5.41, 5.74) is 6.43. The number of pyridine rings is 1. The maximum absolute atomic E-state index is 13.7. The topological polar surface area (TPSA) is 80.6 Å². The summed E-state index contributed by atoms with van der Waals surface area (Å²) in [6.07, 6.45) is 1.03. The molecule has 0 radical (unpaired) electrons. The number of aromatic nitrogens is 3. The summed E-state index contributed by atoms with van der Waals surface area (Å²) in [7, 11) is 0. The maximum Gasteiger partial charge on any atom is 0.182 e. The van der Waals surface area contributed by atoms with Gasteiger partial charge >= 0.3 is 0 Å². The van der Waals surface area contributed by atoms with Crippen LogP contribution in [-0.4, -0.2) is 20.6 Å². The molecule has 0 saturated carbocycles. The Morgan fingerprint density at radius 3 is 2.76 bits per heavy atom. The summed E-state index contributed by atoms with van der Waals surface area (Å²) in [6, 6.07) is 7.45. The second-order valence-electron chi connectivity index (χ2n) is 4.54. The van der Waals surface area contributed by atoms with Crippen LogP contribution in [0.4, 0.5) is 8.78 Å². The lowest BCUT2D eigenvalue weighted by molar-refractivity contribution is 0.585. The van der Waals surface area contributed by atoms with Crippen LogP contribution in [0.5, 0.6) is 0 Å². The van der Waals surface area contributed by atoms with E-state index in [0.29, 0.717) is 10.9 Å². The first-order valence-corrected chi connectivity index (χ1v) is 6.16. The lowest BCUT2D eigenvalue weighted by Crippen LogP contribution is -2.19. The van der Waals surface area contributed by atoms with Crippen molar-refractivity contribution < 1.29 is 8.78 Å². The molecule has 2 aromatic heterocycles. The lowest BCUT2D eigenvalue weighted by atomic mass is 10.2. The molecule has 1 aromatic carbocycles. The van der Waals surface area contributed by atoms with Crippen molar-refractivity contribution in [1.29, 1.82) is 5.41 Å². The Kier molecular flexibility index (Phi) is 3.09. The molecule has 2 heterocycles. The minimum absolute atomic E-state index is 0.0829. The minimum atomic E-state index is -0.546. The van der Waals surface area contributed by atoms with Crippen LogP contribution in [0.25, 0.3) is 11.0 Å². The van der Waals surface area contributed by atoms with E-state index < -0.39 is 5.82 Å². The second-order valence-corrected chi connectivity index (χ2v) is 4.54. The number of amidine groups is 1. The number of rotatable bonds is 3. The molecule has 21 heavy (non-hydrogen) atoms. The lowest BCUT2D eigenvalue weighted by Gasteiger charge is -2.07. The van der Waals surface area contributed by atoms with Crippen molar-refractivity contribution in [1.82, 2.24) is 14.8 Å². The van der Waals surface area contributed by atoms with Crippen molar-refractivity contribution in [3.8, 4) is 0 Å². The van der Waals surface area contributed by atoms with Gasteiger partial charge in [0.2, 0.25) is 0 Å². The predicted octanol–water partition coefficient (Wildman–Crippen LogP) is 2.04. The number of hydrogen-bond acceptors (Lipinski definition) is 3. The number of nitrogens with zero attached hydrogens (tertiary/aromatic N) is 3. The van der Waals surface area contributed by atoms with E-state index in [1.54, 1.807) is 18.2 Å². The Morgan fingerprint density at radius 1 is 1.29 bits per heavy atom. The largest absolute Gasteiger partial charge is 0.382 e. The fraction of sp³-hybridized carbons (Fsp3) is 0.0714. The van der Waals surface area contributed by atoms with Crippen LogP contribution in [0.3, 0.4) is 0 Å². The first kappa shape index (κ1) is 13.2. The highest BCUT2D eigenvalue weighted by Gasteiger charge is 2.16. The fourth-order valence-corrected chi connectivity index (χ4v) is 2.18. The van der Waals surface area contributed by atoms with E-state index in [1.165, 1.54) is 16.8 Å². The van der Waals surface area contributed by atoms with Gasteiger partial charge in [-0.3, -0.25) is 10.1 Å². The van der Waals surface area contributed by atoms with Crippen LogP contribution in [-0.2, 0) is 6.54 Å². The van der Waals surface area contributed by atoms with Gasteiger partial charge in [0.1, 0.15) is 23.2 Å². The van der Waals surface area contributed by atoms with Gasteiger partial charge in [0.05, 0.1) is 18.1 Å². The predicted molar refractivity (Wildman–Crippen MR) is 74.0 cm³/mol. The second kappa shape index (κ2) is 4.93. The number of benzene rings is 1. The zero-order chi connectivity index (χ0) is 15.0. The average molecular weight is 287 g/mol. The highest BCUT2D eigenvalue weighted by Crippen LogP contribution is 2.19. The molecule has 0 aliphatic heterocycles. The van der Waals surface area contributed by atoms with Gasteiger partial charge in [-0.05, 0) is 12.1 Å². The molecule has 106 valence electrons. The highest BCUT2D eigenvalue weighted by atomic mass is 19.1. The first-order valence-electron chi connectivity index (χ1n) is 6.16. The van der Waals surface area contributed by atoms with Crippen molar-refractivity contribution in [2.45, 2.75) is 6.54 Å². The number of nitrogens with two attached hydrogens (primary N) is 1. The number of fused-ring (bicyclic) bond motifs is 1. The molecular formula is C14H11F2N5. The molecule has 0 spiro atoms. The van der Waals surface area contributed by atoms with Crippen molar-refractivity contribution in [2.24, 2.45) is 5.73 Å². The summed E-state index contributed by atoms with van der Waals surface area (Å²) in [5, 5.41) is 12.1. The van der Waals surface area contributed by atoms with Crippen LogP contribution in [0.2, 0.25) is 0 Å². The molecule has 5 nitrogen and oxygen atoms in total. The zero-order valence-corrected chi connectivity index (χ0v) is 10.8. The number of nitrogen functional groups attached to an aromatic ring is 1. The SMILES string of the molecule is N=C(N)c1c2cc(F)cnc2nn1Cc1ccccc1F. The third kappa shape index (κ3) is 2.33. The van der Waals surface area contributed by atoms with E-state index in [1.807, 2.05) is 0 Å². The van der Waals surface area contributed by atoms with Crippen LogP contribution >= 0.6 is 0 Å². The van der Waals surface area contributed by atoms with Gasteiger partial charge < -0.3 is 5.73 Å². The molecule has 0 atom stereocenters. The molecular weight excluding hydrogens is 276 g/mol. The van der Waals surface area contributed by atoms with E-state index in [-0.39, 0.29) is 29.5 Å². The Morgan fingerprint density at radius 2 is 2.05 bits per heavy atom. The molecule has 0 fully saturated rings. The van der Waals surface area contributed by atoms with E-state index in [9.17, 15) is 8.78 Å². The van der Waals surface area contributed by atoms with Gasteiger partial charge in [-0.1, -0.05) is 18.2 Å².